The summed E-state index contributed by atoms with van der Waals surface area (Å²) in [5, 5.41) is 2.66. The molecule has 1 amide bonds. The molecule has 0 unspecified atom stereocenters. The van der Waals surface area contributed by atoms with Crippen molar-refractivity contribution in [2.45, 2.75) is 19.0 Å². The molecule has 1 aromatic rings. The van der Waals surface area contributed by atoms with Crippen molar-refractivity contribution in [3.8, 4) is 0 Å². The number of esters is 1. The summed E-state index contributed by atoms with van der Waals surface area (Å²) < 4.78 is 4.43. The molecule has 0 radical (unpaired) electrons. The standard InChI is InChI=1S/C12H16N2O3/c1-17-11(15)7-10(13)12(16)14-8-9-5-3-2-4-6-9/h2-6,10H,7-8,13H2,1H3,(H,14,16)/t10-/m1/s1. The van der Waals surface area contributed by atoms with Gasteiger partial charge in [0.2, 0.25) is 5.91 Å². The summed E-state index contributed by atoms with van der Waals surface area (Å²) in [4.78, 5) is 22.4. The van der Waals surface area contributed by atoms with E-state index in [1.807, 2.05) is 30.3 Å². The Kier molecular flexibility index (Phi) is 5.16. The van der Waals surface area contributed by atoms with Crippen LogP contribution in [0.3, 0.4) is 0 Å². The molecule has 0 saturated heterocycles. The Balaban J connectivity index is 2.37. The molecule has 5 heteroatoms. The number of carbonyl (C=O) groups is 2. The Morgan fingerprint density at radius 1 is 1.35 bits per heavy atom. The minimum atomic E-state index is -0.869. The van der Waals surface area contributed by atoms with Gasteiger partial charge in [-0.05, 0) is 5.56 Å². The van der Waals surface area contributed by atoms with Crippen molar-refractivity contribution in [2.75, 3.05) is 7.11 Å². The van der Waals surface area contributed by atoms with Crippen LogP contribution in [0.1, 0.15) is 12.0 Å². The fourth-order valence-corrected chi connectivity index (χ4v) is 1.27. The first-order valence-electron chi connectivity index (χ1n) is 5.27. The van der Waals surface area contributed by atoms with Crippen LogP contribution in [0.25, 0.3) is 0 Å². The highest BCUT2D eigenvalue weighted by Crippen LogP contribution is 1.98. The summed E-state index contributed by atoms with van der Waals surface area (Å²) in [5.41, 5.74) is 6.52. The molecule has 0 bridgehead atoms. The molecule has 0 fully saturated rings. The van der Waals surface area contributed by atoms with E-state index >= 15 is 0 Å². The summed E-state index contributed by atoms with van der Waals surface area (Å²) in [6, 6.07) is 8.59. The highest BCUT2D eigenvalue weighted by molar-refractivity contribution is 5.86. The lowest BCUT2D eigenvalue weighted by Gasteiger charge is -2.10. The average Bonchev–Trinajstić information content (AvgIpc) is 2.36. The maximum Gasteiger partial charge on any atom is 0.307 e. The molecule has 17 heavy (non-hydrogen) atoms. The predicted octanol–water partition coefficient (Wildman–Crippen LogP) is 0.193. The summed E-state index contributed by atoms with van der Waals surface area (Å²) in [6.45, 7) is 0.397. The Labute approximate surface area is 99.9 Å². The molecule has 0 spiro atoms. The lowest BCUT2D eigenvalue weighted by Crippen LogP contribution is -2.41. The van der Waals surface area contributed by atoms with Crippen LogP contribution in [0, 0.1) is 0 Å². The third-order valence-electron chi connectivity index (χ3n) is 2.26. The normalized spacial score (nSPS) is 11.6. The fourth-order valence-electron chi connectivity index (χ4n) is 1.27. The van der Waals surface area contributed by atoms with Crippen LogP contribution in [0.15, 0.2) is 30.3 Å². The van der Waals surface area contributed by atoms with Crippen molar-refractivity contribution in [1.82, 2.24) is 5.32 Å². The molecule has 92 valence electrons. The van der Waals surface area contributed by atoms with Crippen LogP contribution in [-0.2, 0) is 20.9 Å². The summed E-state index contributed by atoms with van der Waals surface area (Å²) in [5.74, 6) is -0.855. The van der Waals surface area contributed by atoms with E-state index < -0.39 is 12.0 Å². The quantitative estimate of drug-likeness (QED) is 0.715. The first-order chi connectivity index (χ1) is 8.13. The molecule has 0 aliphatic heterocycles. The van der Waals surface area contributed by atoms with Gasteiger partial charge < -0.3 is 15.8 Å². The summed E-state index contributed by atoms with van der Waals surface area (Å²) >= 11 is 0. The Hall–Kier alpha value is -1.88. The predicted molar refractivity (Wildman–Crippen MR) is 62.9 cm³/mol. The van der Waals surface area contributed by atoms with Crippen LogP contribution in [0.4, 0.5) is 0 Å². The Bertz CT molecular complexity index is 379. The van der Waals surface area contributed by atoms with Gasteiger partial charge in [-0.15, -0.1) is 0 Å². The number of hydrogen-bond donors (Lipinski definition) is 2. The van der Waals surface area contributed by atoms with Crippen molar-refractivity contribution in [3.63, 3.8) is 0 Å². The van der Waals surface area contributed by atoms with Gasteiger partial charge >= 0.3 is 5.97 Å². The van der Waals surface area contributed by atoms with E-state index in [-0.39, 0.29) is 12.3 Å². The summed E-state index contributed by atoms with van der Waals surface area (Å²) in [7, 11) is 1.26. The van der Waals surface area contributed by atoms with Crippen molar-refractivity contribution >= 4 is 11.9 Å². The zero-order chi connectivity index (χ0) is 12.7. The smallest absolute Gasteiger partial charge is 0.307 e. The number of ether oxygens (including phenoxy) is 1. The first-order valence-corrected chi connectivity index (χ1v) is 5.27. The van der Waals surface area contributed by atoms with Gasteiger partial charge in [-0.3, -0.25) is 9.59 Å². The third-order valence-corrected chi connectivity index (χ3v) is 2.26. The number of amides is 1. The van der Waals surface area contributed by atoms with Gasteiger partial charge in [0.1, 0.15) is 0 Å². The van der Waals surface area contributed by atoms with Crippen LogP contribution < -0.4 is 11.1 Å². The minimum absolute atomic E-state index is 0.114. The monoisotopic (exact) mass is 236 g/mol. The highest BCUT2D eigenvalue weighted by Gasteiger charge is 2.17. The highest BCUT2D eigenvalue weighted by atomic mass is 16.5. The minimum Gasteiger partial charge on any atom is -0.469 e. The Morgan fingerprint density at radius 2 is 2.00 bits per heavy atom. The molecule has 3 N–H and O–H groups in total. The van der Waals surface area contributed by atoms with E-state index in [1.54, 1.807) is 0 Å². The molecule has 1 rings (SSSR count). The van der Waals surface area contributed by atoms with E-state index in [1.165, 1.54) is 7.11 Å². The maximum atomic E-state index is 11.5. The topological polar surface area (TPSA) is 81.4 Å². The van der Waals surface area contributed by atoms with Crippen molar-refractivity contribution in [1.29, 1.82) is 0 Å². The van der Waals surface area contributed by atoms with Gasteiger partial charge in [-0.1, -0.05) is 30.3 Å². The largest absolute Gasteiger partial charge is 0.469 e. The number of carbonyl (C=O) groups excluding carboxylic acids is 2. The van der Waals surface area contributed by atoms with Gasteiger partial charge in [0.15, 0.2) is 0 Å². The second-order valence-electron chi connectivity index (χ2n) is 3.59. The van der Waals surface area contributed by atoms with Crippen molar-refractivity contribution in [3.05, 3.63) is 35.9 Å². The molecule has 5 nitrogen and oxygen atoms in total. The molecule has 0 aliphatic rings. The van der Waals surface area contributed by atoms with Crippen LogP contribution in [0.2, 0.25) is 0 Å². The number of nitrogens with one attached hydrogen (secondary N) is 1. The molecule has 0 saturated carbocycles. The third kappa shape index (κ3) is 4.65. The maximum absolute atomic E-state index is 11.5. The summed E-state index contributed by atoms with van der Waals surface area (Å²) in [6.07, 6.45) is -0.114. The number of nitrogens with two attached hydrogens (primary N) is 1. The first kappa shape index (κ1) is 13.2. The second-order valence-corrected chi connectivity index (χ2v) is 3.59. The number of methoxy groups -OCH3 is 1. The van der Waals surface area contributed by atoms with Crippen LogP contribution in [0.5, 0.6) is 0 Å². The number of benzene rings is 1. The number of hydrogen-bond acceptors (Lipinski definition) is 4. The SMILES string of the molecule is COC(=O)C[C@@H](N)C(=O)NCc1ccccc1. The van der Waals surface area contributed by atoms with E-state index in [4.69, 9.17) is 5.73 Å². The van der Waals surface area contributed by atoms with E-state index in [2.05, 4.69) is 10.1 Å². The van der Waals surface area contributed by atoms with Gasteiger partial charge in [0.05, 0.1) is 19.6 Å². The molecule has 1 atom stereocenters. The van der Waals surface area contributed by atoms with Crippen LogP contribution >= 0.6 is 0 Å². The van der Waals surface area contributed by atoms with E-state index in [9.17, 15) is 9.59 Å². The Morgan fingerprint density at radius 3 is 2.59 bits per heavy atom. The van der Waals surface area contributed by atoms with E-state index in [0.717, 1.165) is 5.56 Å². The van der Waals surface area contributed by atoms with E-state index in [0.29, 0.717) is 6.54 Å². The van der Waals surface area contributed by atoms with Crippen molar-refractivity contribution in [2.24, 2.45) is 5.73 Å². The van der Waals surface area contributed by atoms with Gasteiger partial charge in [0.25, 0.3) is 0 Å². The zero-order valence-electron chi connectivity index (χ0n) is 9.68. The van der Waals surface area contributed by atoms with Crippen molar-refractivity contribution < 1.29 is 14.3 Å². The molecule has 0 heterocycles. The average molecular weight is 236 g/mol. The number of rotatable bonds is 5. The van der Waals surface area contributed by atoms with Gasteiger partial charge in [-0.25, -0.2) is 0 Å². The molecule has 0 aliphatic carbocycles. The molecule has 1 aromatic carbocycles. The second kappa shape index (κ2) is 6.65. The lowest BCUT2D eigenvalue weighted by atomic mass is 10.2. The lowest BCUT2D eigenvalue weighted by molar-refractivity contribution is -0.142. The zero-order valence-corrected chi connectivity index (χ0v) is 9.68. The van der Waals surface area contributed by atoms with Gasteiger partial charge in [0, 0.05) is 6.54 Å². The fraction of sp³-hybridized carbons (Fsp3) is 0.333. The molecule has 0 aromatic heterocycles. The molecular weight excluding hydrogens is 220 g/mol. The molecular formula is C12H16N2O3. The van der Waals surface area contributed by atoms with Crippen LogP contribution in [-0.4, -0.2) is 25.0 Å². The van der Waals surface area contributed by atoms with Gasteiger partial charge in [-0.2, -0.15) is 0 Å².